The molecule has 0 aliphatic heterocycles. The third-order valence-electron chi connectivity index (χ3n) is 3.37. The minimum absolute atomic E-state index is 0.203. The van der Waals surface area contributed by atoms with E-state index in [9.17, 15) is 5.11 Å². The van der Waals surface area contributed by atoms with Crippen LogP contribution in [0.4, 0.5) is 0 Å². The maximum absolute atomic E-state index is 9.90. The Morgan fingerprint density at radius 1 is 1.29 bits per heavy atom. The summed E-state index contributed by atoms with van der Waals surface area (Å²) < 4.78 is 2.78. The first-order chi connectivity index (χ1) is 10.1. The molecule has 1 heterocycles. The number of hydrogen-bond donors (Lipinski definition) is 1. The van der Waals surface area contributed by atoms with Gasteiger partial charge in [-0.3, -0.25) is 0 Å². The third-order valence-corrected chi connectivity index (χ3v) is 4.34. The average Bonchev–Trinajstić information content (AvgIpc) is 2.83. The summed E-state index contributed by atoms with van der Waals surface area (Å²) in [6, 6.07) is 11.2. The van der Waals surface area contributed by atoms with E-state index in [2.05, 4.69) is 32.4 Å². The topological polar surface area (TPSA) is 38.0 Å². The minimum atomic E-state index is 0.203. The number of aromatic nitrogens is 2. The van der Waals surface area contributed by atoms with Crippen molar-refractivity contribution in [2.45, 2.75) is 19.9 Å². The van der Waals surface area contributed by atoms with Crippen LogP contribution in [-0.2, 0) is 6.54 Å². The lowest BCUT2D eigenvalue weighted by atomic mass is 10.2. The van der Waals surface area contributed by atoms with Crippen LogP contribution in [0.3, 0.4) is 0 Å². The smallest absolute Gasteiger partial charge is 0.141 e. The van der Waals surface area contributed by atoms with Crippen molar-refractivity contribution < 1.29 is 5.11 Å². The lowest BCUT2D eigenvalue weighted by Gasteiger charge is -2.09. The minimum Gasteiger partial charge on any atom is -0.507 e. The summed E-state index contributed by atoms with van der Waals surface area (Å²) in [5.74, 6) is 1.02. The molecule has 0 aliphatic rings. The summed E-state index contributed by atoms with van der Waals surface area (Å²) in [5, 5.41) is 10.6. The fraction of sp³-hybridized carbons (Fsp3) is 0.188. The van der Waals surface area contributed by atoms with Crippen molar-refractivity contribution in [1.29, 1.82) is 0 Å². The van der Waals surface area contributed by atoms with Crippen LogP contribution in [0.15, 0.2) is 40.9 Å². The number of aromatic hydroxyl groups is 1. The van der Waals surface area contributed by atoms with Gasteiger partial charge in [0, 0.05) is 12.1 Å². The predicted molar refractivity (Wildman–Crippen MR) is 89.8 cm³/mol. The van der Waals surface area contributed by atoms with Gasteiger partial charge in [-0.1, -0.05) is 24.6 Å². The highest BCUT2D eigenvalue weighted by atomic mass is 79.9. The SMILES string of the molecule is CCCn1c(-c2ccc(Br)c(O)c2)nc2cccc(Cl)c21. The number of rotatable bonds is 3. The van der Waals surface area contributed by atoms with E-state index in [0.717, 1.165) is 35.4 Å². The van der Waals surface area contributed by atoms with E-state index in [1.54, 1.807) is 6.07 Å². The van der Waals surface area contributed by atoms with Crippen LogP contribution in [0.2, 0.25) is 5.02 Å². The van der Waals surface area contributed by atoms with Crippen molar-refractivity contribution >= 4 is 38.6 Å². The Labute approximate surface area is 136 Å². The molecule has 3 rings (SSSR count). The Kier molecular flexibility index (Phi) is 3.91. The first-order valence-corrected chi connectivity index (χ1v) is 7.92. The molecular weight excluding hydrogens is 352 g/mol. The first kappa shape index (κ1) is 14.4. The molecule has 0 radical (unpaired) electrons. The Bertz CT molecular complexity index is 813. The standard InChI is InChI=1S/C16H14BrClN2O/c1-2-8-20-15-12(18)4-3-5-13(15)19-16(20)10-6-7-11(17)14(21)9-10/h3-7,9,21H,2,8H2,1H3. The number of phenolic OH excluding ortho intramolecular Hbond substituents is 1. The van der Waals surface area contributed by atoms with Gasteiger partial charge in [-0.15, -0.1) is 0 Å². The molecule has 0 amide bonds. The molecule has 0 saturated heterocycles. The van der Waals surface area contributed by atoms with Gasteiger partial charge in [0.2, 0.25) is 0 Å². The maximum Gasteiger partial charge on any atom is 0.141 e. The van der Waals surface area contributed by atoms with Crippen molar-refractivity contribution in [2.75, 3.05) is 0 Å². The normalized spacial score (nSPS) is 11.2. The molecule has 2 aromatic carbocycles. The van der Waals surface area contributed by atoms with E-state index in [1.807, 2.05) is 30.3 Å². The van der Waals surface area contributed by atoms with Gasteiger partial charge in [-0.05, 0) is 52.7 Å². The number of benzene rings is 2. The summed E-state index contributed by atoms with van der Waals surface area (Å²) in [4.78, 5) is 4.69. The van der Waals surface area contributed by atoms with Gasteiger partial charge in [-0.25, -0.2) is 4.98 Å². The van der Waals surface area contributed by atoms with Crippen molar-refractivity contribution in [3.8, 4) is 17.1 Å². The summed E-state index contributed by atoms with van der Waals surface area (Å²) in [6.07, 6.45) is 0.978. The number of hydrogen-bond acceptors (Lipinski definition) is 2. The van der Waals surface area contributed by atoms with Crippen LogP contribution in [0.5, 0.6) is 5.75 Å². The van der Waals surface area contributed by atoms with Gasteiger partial charge >= 0.3 is 0 Å². The average molecular weight is 366 g/mol. The van der Waals surface area contributed by atoms with Crippen molar-refractivity contribution in [3.63, 3.8) is 0 Å². The molecule has 0 aliphatic carbocycles. The van der Waals surface area contributed by atoms with E-state index >= 15 is 0 Å². The summed E-state index contributed by atoms with van der Waals surface area (Å²) in [7, 11) is 0. The number of para-hydroxylation sites is 1. The number of aryl methyl sites for hydroxylation is 1. The molecule has 1 aromatic heterocycles. The summed E-state index contributed by atoms with van der Waals surface area (Å²) in [6.45, 7) is 2.94. The molecule has 0 atom stereocenters. The molecule has 108 valence electrons. The fourth-order valence-corrected chi connectivity index (χ4v) is 2.97. The highest BCUT2D eigenvalue weighted by Crippen LogP contribution is 2.33. The fourth-order valence-electron chi connectivity index (χ4n) is 2.46. The van der Waals surface area contributed by atoms with Crippen LogP contribution in [0.1, 0.15) is 13.3 Å². The monoisotopic (exact) mass is 364 g/mol. The number of imidazole rings is 1. The summed E-state index contributed by atoms with van der Waals surface area (Å²) in [5.41, 5.74) is 2.68. The molecule has 5 heteroatoms. The molecule has 0 spiro atoms. The second kappa shape index (κ2) is 5.70. The van der Waals surface area contributed by atoms with Gasteiger partial charge in [0.25, 0.3) is 0 Å². The highest BCUT2D eigenvalue weighted by Gasteiger charge is 2.15. The van der Waals surface area contributed by atoms with Crippen LogP contribution in [0, 0.1) is 0 Å². The number of fused-ring (bicyclic) bond motifs is 1. The number of halogens is 2. The van der Waals surface area contributed by atoms with Gasteiger partial charge in [-0.2, -0.15) is 0 Å². The number of phenols is 1. The lowest BCUT2D eigenvalue weighted by molar-refractivity contribution is 0.472. The Morgan fingerprint density at radius 2 is 2.10 bits per heavy atom. The Balaban J connectivity index is 2.28. The molecule has 0 bridgehead atoms. The van der Waals surface area contributed by atoms with Gasteiger partial charge in [0.05, 0.1) is 20.5 Å². The van der Waals surface area contributed by atoms with E-state index in [-0.39, 0.29) is 5.75 Å². The first-order valence-electron chi connectivity index (χ1n) is 6.75. The quantitative estimate of drug-likeness (QED) is 0.689. The molecule has 21 heavy (non-hydrogen) atoms. The molecule has 1 N–H and O–H groups in total. The van der Waals surface area contributed by atoms with Gasteiger partial charge in [0.1, 0.15) is 11.6 Å². The van der Waals surface area contributed by atoms with Crippen LogP contribution in [-0.4, -0.2) is 14.7 Å². The molecular formula is C16H14BrClN2O. The highest BCUT2D eigenvalue weighted by molar-refractivity contribution is 9.10. The largest absolute Gasteiger partial charge is 0.507 e. The third kappa shape index (κ3) is 2.54. The van der Waals surface area contributed by atoms with E-state index in [4.69, 9.17) is 11.6 Å². The van der Waals surface area contributed by atoms with Crippen LogP contribution in [0.25, 0.3) is 22.4 Å². The number of nitrogens with zero attached hydrogens (tertiary/aromatic N) is 2. The molecule has 0 fully saturated rings. The van der Waals surface area contributed by atoms with Gasteiger partial charge in [0.15, 0.2) is 0 Å². The Morgan fingerprint density at radius 3 is 2.81 bits per heavy atom. The zero-order valence-electron chi connectivity index (χ0n) is 11.5. The van der Waals surface area contributed by atoms with Crippen molar-refractivity contribution in [3.05, 3.63) is 45.9 Å². The molecule has 0 saturated carbocycles. The van der Waals surface area contributed by atoms with E-state index < -0.39 is 0 Å². The maximum atomic E-state index is 9.90. The predicted octanol–water partition coefficient (Wildman–Crippen LogP) is 5.23. The molecule has 0 unspecified atom stereocenters. The van der Waals surface area contributed by atoms with Crippen molar-refractivity contribution in [2.24, 2.45) is 0 Å². The van der Waals surface area contributed by atoms with Crippen molar-refractivity contribution in [1.82, 2.24) is 9.55 Å². The summed E-state index contributed by atoms with van der Waals surface area (Å²) >= 11 is 9.64. The second-order valence-corrected chi connectivity index (χ2v) is 6.12. The van der Waals surface area contributed by atoms with Crippen LogP contribution < -0.4 is 0 Å². The lowest BCUT2D eigenvalue weighted by Crippen LogP contribution is -2.00. The van der Waals surface area contributed by atoms with Crippen LogP contribution >= 0.6 is 27.5 Å². The molecule has 3 nitrogen and oxygen atoms in total. The van der Waals surface area contributed by atoms with E-state index in [1.165, 1.54) is 0 Å². The zero-order valence-corrected chi connectivity index (χ0v) is 13.8. The Hall–Kier alpha value is -1.52. The van der Waals surface area contributed by atoms with E-state index in [0.29, 0.717) is 9.50 Å². The molecule has 3 aromatic rings. The second-order valence-electron chi connectivity index (χ2n) is 4.86. The zero-order chi connectivity index (χ0) is 15.0. The van der Waals surface area contributed by atoms with Gasteiger partial charge < -0.3 is 9.67 Å².